The van der Waals surface area contributed by atoms with Crippen molar-refractivity contribution < 1.29 is 23.8 Å². The number of hydrogen-bond donors (Lipinski definition) is 1. The van der Waals surface area contributed by atoms with Gasteiger partial charge in [-0.15, -0.1) is 6.58 Å². The number of fused-ring (bicyclic) bond motifs is 1. The van der Waals surface area contributed by atoms with Gasteiger partial charge in [-0.25, -0.2) is 4.39 Å². The number of carbonyl (C=O) groups is 1. The van der Waals surface area contributed by atoms with Crippen molar-refractivity contribution in [2.75, 3.05) is 7.11 Å². The van der Waals surface area contributed by atoms with Crippen LogP contribution < -0.4 is 9.47 Å². The lowest BCUT2D eigenvalue weighted by Crippen LogP contribution is -2.08. The SMILES string of the molecule is C=CC(C(=O)O)c1ccc(Oc2c(-c3ccc(F)cc3)ccc3cc(OC)ccc23)cc1. The predicted octanol–water partition coefficient (Wildman–Crippen LogP) is 6.80. The Balaban J connectivity index is 1.80. The number of aliphatic carboxylic acids is 1. The number of halogens is 1. The van der Waals surface area contributed by atoms with Crippen LogP contribution in [0.4, 0.5) is 4.39 Å². The first-order chi connectivity index (χ1) is 15.5. The molecule has 0 aromatic heterocycles. The van der Waals surface area contributed by atoms with Gasteiger partial charge in [0.1, 0.15) is 23.1 Å². The quantitative estimate of drug-likeness (QED) is 0.329. The molecule has 1 N–H and O–H groups in total. The molecule has 32 heavy (non-hydrogen) atoms. The monoisotopic (exact) mass is 428 g/mol. The van der Waals surface area contributed by atoms with E-state index in [1.807, 2.05) is 30.3 Å². The first-order valence-electron chi connectivity index (χ1n) is 10.00. The summed E-state index contributed by atoms with van der Waals surface area (Å²) in [6, 6.07) is 22.7. The maximum atomic E-state index is 13.5. The van der Waals surface area contributed by atoms with Crippen molar-refractivity contribution in [2.45, 2.75) is 5.92 Å². The van der Waals surface area contributed by atoms with Gasteiger partial charge in [0.05, 0.1) is 13.0 Å². The Bertz CT molecular complexity index is 1280. The van der Waals surface area contributed by atoms with E-state index < -0.39 is 11.9 Å². The Morgan fingerprint density at radius 2 is 1.66 bits per heavy atom. The van der Waals surface area contributed by atoms with E-state index in [0.29, 0.717) is 17.1 Å². The standard InChI is InChI=1S/C27H21FO4/c1-3-23(27(29)30)17-6-11-21(12-7-17)32-26-24(18-4-9-20(28)10-5-18)14-8-19-16-22(31-2)13-15-25(19)26/h3-16,23H,1H2,2H3,(H,29,30). The minimum Gasteiger partial charge on any atom is -0.497 e. The molecular formula is C27H21FO4. The Morgan fingerprint density at radius 3 is 2.28 bits per heavy atom. The van der Waals surface area contributed by atoms with E-state index in [-0.39, 0.29) is 5.82 Å². The van der Waals surface area contributed by atoms with E-state index >= 15 is 0 Å². The fourth-order valence-electron chi connectivity index (χ4n) is 3.61. The maximum Gasteiger partial charge on any atom is 0.314 e. The van der Waals surface area contributed by atoms with E-state index in [1.165, 1.54) is 18.2 Å². The summed E-state index contributed by atoms with van der Waals surface area (Å²) in [5.74, 6) is -0.172. The number of benzene rings is 4. The third kappa shape index (κ3) is 4.18. The minimum absolute atomic E-state index is 0.312. The number of rotatable bonds is 7. The molecule has 160 valence electrons. The summed E-state index contributed by atoms with van der Waals surface area (Å²) in [6.07, 6.45) is 1.39. The summed E-state index contributed by atoms with van der Waals surface area (Å²) in [6.45, 7) is 3.60. The van der Waals surface area contributed by atoms with E-state index in [9.17, 15) is 14.3 Å². The third-order valence-electron chi connectivity index (χ3n) is 5.29. The predicted molar refractivity (Wildman–Crippen MR) is 123 cm³/mol. The fraction of sp³-hybridized carbons (Fsp3) is 0.0741. The van der Waals surface area contributed by atoms with E-state index in [2.05, 4.69) is 6.58 Å². The summed E-state index contributed by atoms with van der Waals surface area (Å²) >= 11 is 0. The summed E-state index contributed by atoms with van der Waals surface area (Å²) in [7, 11) is 1.61. The Labute approximate surface area is 185 Å². The molecule has 4 nitrogen and oxygen atoms in total. The van der Waals surface area contributed by atoms with Gasteiger partial charge < -0.3 is 14.6 Å². The van der Waals surface area contributed by atoms with Crippen LogP contribution in [0.3, 0.4) is 0 Å². The van der Waals surface area contributed by atoms with Crippen molar-refractivity contribution in [3.8, 4) is 28.4 Å². The van der Waals surface area contributed by atoms with Gasteiger partial charge in [-0.1, -0.05) is 36.4 Å². The second kappa shape index (κ2) is 8.94. The molecule has 0 heterocycles. The first-order valence-corrected chi connectivity index (χ1v) is 10.00. The highest BCUT2D eigenvalue weighted by Crippen LogP contribution is 2.40. The number of carboxylic acids is 1. The first kappa shape index (κ1) is 21.1. The number of ether oxygens (including phenoxy) is 2. The highest BCUT2D eigenvalue weighted by molar-refractivity contribution is 5.96. The van der Waals surface area contributed by atoms with Crippen molar-refractivity contribution in [3.63, 3.8) is 0 Å². The van der Waals surface area contributed by atoms with Crippen LogP contribution in [-0.2, 0) is 4.79 Å². The number of hydrogen-bond acceptors (Lipinski definition) is 3. The summed E-state index contributed by atoms with van der Waals surface area (Å²) in [5.41, 5.74) is 2.23. The van der Waals surface area contributed by atoms with Crippen LogP contribution in [0.2, 0.25) is 0 Å². The van der Waals surface area contributed by atoms with Gasteiger partial charge in [-0.3, -0.25) is 4.79 Å². The smallest absolute Gasteiger partial charge is 0.314 e. The van der Waals surface area contributed by atoms with Crippen molar-refractivity contribution in [2.24, 2.45) is 0 Å². The van der Waals surface area contributed by atoms with Crippen molar-refractivity contribution in [1.29, 1.82) is 0 Å². The molecule has 4 aromatic carbocycles. The third-order valence-corrected chi connectivity index (χ3v) is 5.29. The molecule has 0 saturated carbocycles. The van der Waals surface area contributed by atoms with Gasteiger partial charge in [-0.2, -0.15) is 0 Å². The lowest BCUT2D eigenvalue weighted by Gasteiger charge is -2.16. The van der Waals surface area contributed by atoms with Crippen LogP contribution in [0.25, 0.3) is 21.9 Å². The molecule has 1 unspecified atom stereocenters. The molecule has 0 spiro atoms. The fourth-order valence-corrected chi connectivity index (χ4v) is 3.61. The van der Waals surface area contributed by atoms with Gasteiger partial charge in [0, 0.05) is 10.9 Å². The Morgan fingerprint density at radius 1 is 0.969 bits per heavy atom. The largest absolute Gasteiger partial charge is 0.497 e. The normalized spacial score (nSPS) is 11.7. The molecular weight excluding hydrogens is 407 g/mol. The zero-order valence-electron chi connectivity index (χ0n) is 17.4. The van der Waals surface area contributed by atoms with Crippen molar-refractivity contribution in [1.82, 2.24) is 0 Å². The molecule has 0 aliphatic heterocycles. The van der Waals surface area contributed by atoms with Gasteiger partial charge in [0.25, 0.3) is 0 Å². The lowest BCUT2D eigenvalue weighted by molar-refractivity contribution is -0.137. The van der Waals surface area contributed by atoms with Crippen LogP contribution in [-0.4, -0.2) is 18.2 Å². The van der Waals surface area contributed by atoms with Crippen LogP contribution >= 0.6 is 0 Å². The lowest BCUT2D eigenvalue weighted by atomic mass is 9.98. The van der Waals surface area contributed by atoms with Gasteiger partial charge in [0.15, 0.2) is 0 Å². The maximum absolute atomic E-state index is 13.5. The second-order valence-electron chi connectivity index (χ2n) is 7.26. The zero-order valence-corrected chi connectivity index (χ0v) is 17.4. The van der Waals surface area contributed by atoms with Crippen LogP contribution in [0.15, 0.2) is 91.5 Å². The van der Waals surface area contributed by atoms with Crippen LogP contribution in [0, 0.1) is 5.82 Å². The molecule has 4 rings (SSSR count). The summed E-state index contributed by atoms with van der Waals surface area (Å²) in [5, 5.41) is 11.1. The average molecular weight is 428 g/mol. The van der Waals surface area contributed by atoms with Crippen molar-refractivity contribution >= 4 is 16.7 Å². The molecule has 0 bridgehead atoms. The minimum atomic E-state index is -0.963. The zero-order chi connectivity index (χ0) is 22.7. The molecule has 0 radical (unpaired) electrons. The van der Waals surface area contributed by atoms with Crippen LogP contribution in [0.5, 0.6) is 17.2 Å². The highest BCUT2D eigenvalue weighted by atomic mass is 19.1. The van der Waals surface area contributed by atoms with Gasteiger partial charge in [-0.05, 0) is 65.0 Å². The molecule has 5 heteroatoms. The summed E-state index contributed by atoms with van der Waals surface area (Å²) in [4.78, 5) is 11.4. The van der Waals surface area contributed by atoms with Gasteiger partial charge in [0.2, 0.25) is 0 Å². The molecule has 1 atom stereocenters. The molecule has 0 amide bonds. The Kier molecular flexibility index (Phi) is 5.90. The Hall–Kier alpha value is -4.12. The molecule has 0 saturated heterocycles. The van der Waals surface area contributed by atoms with Crippen molar-refractivity contribution in [3.05, 3.63) is 103 Å². The van der Waals surface area contributed by atoms with E-state index in [4.69, 9.17) is 9.47 Å². The topological polar surface area (TPSA) is 55.8 Å². The average Bonchev–Trinajstić information content (AvgIpc) is 2.81. The molecule has 0 aliphatic carbocycles. The summed E-state index contributed by atoms with van der Waals surface area (Å²) < 4.78 is 25.1. The number of methoxy groups -OCH3 is 1. The second-order valence-corrected chi connectivity index (χ2v) is 7.26. The van der Waals surface area contributed by atoms with Gasteiger partial charge >= 0.3 is 5.97 Å². The highest BCUT2D eigenvalue weighted by Gasteiger charge is 2.17. The molecule has 0 aliphatic rings. The van der Waals surface area contributed by atoms with Crippen LogP contribution in [0.1, 0.15) is 11.5 Å². The number of carboxylic acid groups (broad SMARTS) is 1. The molecule has 4 aromatic rings. The van der Waals surface area contributed by atoms with E-state index in [0.717, 1.165) is 27.6 Å². The molecule has 0 fully saturated rings. The van der Waals surface area contributed by atoms with E-state index in [1.54, 1.807) is 43.5 Å².